The van der Waals surface area contributed by atoms with Crippen LogP contribution in [0.1, 0.15) is 0 Å². The number of rotatable bonds is 1. The monoisotopic (exact) mass is 140 g/mol. The molecule has 0 aromatic carbocycles. The molecular formula is C2H3ClNO2S-. The van der Waals surface area contributed by atoms with Crippen molar-refractivity contribution < 1.29 is 9.90 Å². The van der Waals surface area contributed by atoms with Gasteiger partial charge in [0.1, 0.15) is 6.09 Å². The maximum Gasteiger partial charge on any atom is 0.148 e. The number of halogens is 1. The third-order valence-corrected chi connectivity index (χ3v) is 1.34. The van der Waals surface area contributed by atoms with Crippen LogP contribution in [0.2, 0.25) is 0 Å². The summed E-state index contributed by atoms with van der Waals surface area (Å²) in [5.41, 5.74) is 0. The third kappa shape index (κ3) is 2.59. The van der Waals surface area contributed by atoms with E-state index in [1.54, 1.807) is 0 Å². The Morgan fingerprint density at radius 1 is 2.00 bits per heavy atom. The summed E-state index contributed by atoms with van der Waals surface area (Å²) in [4.78, 5) is 9.64. The number of hydrogen-bond acceptors (Lipinski definition) is 3. The molecule has 0 atom stereocenters. The second-order valence-corrected chi connectivity index (χ2v) is 1.93. The van der Waals surface area contributed by atoms with E-state index in [0.29, 0.717) is 11.2 Å². The van der Waals surface area contributed by atoms with Crippen molar-refractivity contribution in [1.29, 1.82) is 0 Å². The zero-order valence-electron chi connectivity index (χ0n) is 3.55. The predicted octanol–water partition coefficient (Wildman–Crippen LogP) is 0.0635. The summed E-state index contributed by atoms with van der Waals surface area (Å²) in [6.45, 7) is 0. The molecule has 3 nitrogen and oxygen atoms in total. The van der Waals surface area contributed by atoms with Crippen molar-refractivity contribution in [2.75, 3.05) is 7.05 Å². The Bertz CT molecular complexity index is 78.1. The summed E-state index contributed by atoms with van der Waals surface area (Å²) in [5.74, 6) is 0. The molecule has 0 aliphatic heterocycles. The minimum absolute atomic E-state index is 0.576. The maximum atomic E-state index is 9.64. The Labute approximate surface area is 49.9 Å². The second-order valence-electron chi connectivity index (χ2n) is 0.832. The van der Waals surface area contributed by atoms with Gasteiger partial charge in [0.2, 0.25) is 0 Å². The molecule has 5 heteroatoms. The molecule has 0 rings (SSSR count). The summed E-state index contributed by atoms with van der Waals surface area (Å²) >= 11 is 0.576. The molecule has 0 saturated carbocycles. The van der Waals surface area contributed by atoms with Gasteiger partial charge in [-0.1, -0.05) is 0 Å². The molecule has 0 bridgehead atoms. The van der Waals surface area contributed by atoms with E-state index in [-0.39, 0.29) is 0 Å². The van der Waals surface area contributed by atoms with Gasteiger partial charge in [-0.25, -0.2) is 0 Å². The van der Waals surface area contributed by atoms with E-state index in [0.717, 1.165) is 4.31 Å². The molecule has 0 aliphatic carbocycles. The lowest BCUT2D eigenvalue weighted by Gasteiger charge is -2.11. The van der Waals surface area contributed by atoms with Gasteiger partial charge < -0.3 is 9.90 Å². The largest absolute Gasteiger partial charge is 0.529 e. The van der Waals surface area contributed by atoms with E-state index in [1.807, 2.05) is 0 Å². The van der Waals surface area contributed by atoms with Gasteiger partial charge in [0.15, 0.2) is 0 Å². The number of carboxylic acid groups (broad SMARTS) is 1. The SMILES string of the molecule is CN(SCl)C(=O)[O-]. The van der Waals surface area contributed by atoms with Crippen LogP contribution in [-0.2, 0) is 0 Å². The lowest BCUT2D eigenvalue weighted by atomic mass is 11.1. The highest BCUT2D eigenvalue weighted by atomic mass is 35.7. The van der Waals surface area contributed by atoms with E-state index in [1.165, 1.54) is 7.05 Å². The highest BCUT2D eigenvalue weighted by Gasteiger charge is 1.90. The lowest BCUT2D eigenvalue weighted by molar-refractivity contribution is -0.257. The van der Waals surface area contributed by atoms with E-state index in [4.69, 9.17) is 10.7 Å². The van der Waals surface area contributed by atoms with Gasteiger partial charge in [0, 0.05) is 7.05 Å². The molecular weight excluding hydrogens is 138 g/mol. The van der Waals surface area contributed by atoms with Crippen molar-refractivity contribution in [2.24, 2.45) is 0 Å². The van der Waals surface area contributed by atoms with Crippen LogP contribution in [0.5, 0.6) is 0 Å². The molecule has 0 heterocycles. The summed E-state index contributed by atoms with van der Waals surface area (Å²) in [7, 11) is 6.27. The number of amides is 1. The van der Waals surface area contributed by atoms with Gasteiger partial charge in [-0.15, -0.1) is 0 Å². The van der Waals surface area contributed by atoms with Crippen molar-refractivity contribution in [2.45, 2.75) is 0 Å². The molecule has 42 valence electrons. The van der Waals surface area contributed by atoms with Crippen LogP contribution in [0.15, 0.2) is 0 Å². The lowest BCUT2D eigenvalue weighted by Crippen LogP contribution is -2.32. The van der Waals surface area contributed by atoms with E-state index >= 15 is 0 Å². The number of hydrogen-bond donors (Lipinski definition) is 0. The fourth-order valence-corrected chi connectivity index (χ4v) is 0.254. The first-order valence-electron chi connectivity index (χ1n) is 1.42. The number of carbonyl (C=O) groups excluding carboxylic acids is 1. The molecule has 0 fully saturated rings. The Hall–Kier alpha value is -0.0900. The summed E-state index contributed by atoms with van der Waals surface area (Å²) in [6, 6.07) is 0. The van der Waals surface area contributed by atoms with Crippen molar-refractivity contribution in [1.82, 2.24) is 4.31 Å². The number of carbonyl (C=O) groups is 1. The quantitative estimate of drug-likeness (QED) is 0.484. The highest BCUT2D eigenvalue weighted by molar-refractivity contribution is 8.19. The topological polar surface area (TPSA) is 43.4 Å². The van der Waals surface area contributed by atoms with E-state index in [9.17, 15) is 9.90 Å². The molecule has 0 aromatic heterocycles. The van der Waals surface area contributed by atoms with Gasteiger partial charge in [0.05, 0.1) is 11.2 Å². The van der Waals surface area contributed by atoms with Crippen LogP contribution in [0.25, 0.3) is 0 Å². The molecule has 0 radical (unpaired) electrons. The highest BCUT2D eigenvalue weighted by Crippen LogP contribution is 2.09. The first kappa shape index (κ1) is 6.91. The zero-order valence-corrected chi connectivity index (χ0v) is 5.12. The van der Waals surface area contributed by atoms with Gasteiger partial charge in [0.25, 0.3) is 0 Å². The van der Waals surface area contributed by atoms with Crippen LogP contribution in [0.4, 0.5) is 4.79 Å². The minimum Gasteiger partial charge on any atom is -0.529 e. The maximum absolute atomic E-state index is 9.64. The van der Waals surface area contributed by atoms with Crippen molar-refractivity contribution in [3.8, 4) is 0 Å². The standard InChI is InChI=1S/C2H4ClNO2S/c1-4(7-3)2(5)6/h1H3,(H,5,6)/p-1. The molecule has 0 saturated heterocycles. The van der Waals surface area contributed by atoms with Gasteiger partial charge in [-0.05, 0) is 10.7 Å². The summed E-state index contributed by atoms with van der Waals surface area (Å²) in [6.07, 6.45) is -1.29. The average molecular weight is 141 g/mol. The van der Waals surface area contributed by atoms with Crippen molar-refractivity contribution in [3.63, 3.8) is 0 Å². The minimum atomic E-state index is -1.29. The normalized spacial score (nSPS) is 8.29. The van der Waals surface area contributed by atoms with Crippen LogP contribution in [0.3, 0.4) is 0 Å². The fraction of sp³-hybridized carbons (Fsp3) is 0.500. The number of nitrogens with zero attached hydrogens (tertiary/aromatic N) is 1. The van der Waals surface area contributed by atoms with Gasteiger partial charge >= 0.3 is 0 Å². The average Bonchev–Trinajstić information content (AvgIpc) is 1.65. The molecule has 0 spiro atoms. The first-order valence-corrected chi connectivity index (χ1v) is 3.02. The molecule has 0 aromatic rings. The molecule has 1 amide bonds. The molecule has 7 heavy (non-hydrogen) atoms. The molecule has 0 N–H and O–H groups in total. The summed E-state index contributed by atoms with van der Waals surface area (Å²) < 4.78 is 0.779. The molecule has 0 aliphatic rings. The Kier molecular flexibility index (Phi) is 2.95. The zero-order chi connectivity index (χ0) is 5.86. The smallest absolute Gasteiger partial charge is 0.148 e. The van der Waals surface area contributed by atoms with Crippen LogP contribution in [-0.4, -0.2) is 17.4 Å². The Morgan fingerprint density at radius 2 is 2.43 bits per heavy atom. The predicted molar refractivity (Wildman–Crippen MR) is 26.6 cm³/mol. The summed E-state index contributed by atoms with van der Waals surface area (Å²) in [5, 5.41) is 9.64. The van der Waals surface area contributed by atoms with Crippen LogP contribution < -0.4 is 5.11 Å². The third-order valence-electron chi connectivity index (χ3n) is 0.361. The first-order chi connectivity index (χ1) is 3.18. The van der Waals surface area contributed by atoms with Crippen LogP contribution >= 0.6 is 21.8 Å². The van der Waals surface area contributed by atoms with Crippen molar-refractivity contribution in [3.05, 3.63) is 0 Å². The second kappa shape index (κ2) is 2.98. The molecule has 0 unspecified atom stereocenters. The van der Waals surface area contributed by atoms with Crippen molar-refractivity contribution >= 4 is 27.9 Å². The van der Waals surface area contributed by atoms with E-state index in [2.05, 4.69) is 0 Å². The van der Waals surface area contributed by atoms with E-state index < -0.39 is 6.09 Å². The van der Waals surface area contributed by atoms with Gasteiger partial charge in [-0.3, -0.25) is 4.31 Å². The Balaban J connectivity index is 3.34. The van der Waals surface area contributed by atoms with Crippen LogP contribution in [0, 0.1) is 0 Å². The fourth-order valence-electron chi connectivity index (χ4n) is 0.0282. The Morgan fingerprint density at radius 3 is 2.43 bits per heavy atom. The van der Waals surface area contributed by atoms with Gasteiger partial charge in [-0.2, -0.15) is 0 Å².